The van der Waals surface area contributed by atoms with E-state index >= 15 is 0 Å². The summed E-state index contributed by atoms with van der Waals surface area (Å²) in [5, 5.41) is 0. The molecule has 0 amide bonds. The number of Topliss-reactive ketones (excluding diaryl/α,β-unsaturated/α-hetero) is 1. The van der Waals surface area contributed by atoms with Crippen molar-refractivity contribution < 1.29 is 4.79 Å². The molecule has 1 heterocycles. The van der Waals surface area contributed by atoms with Crippen molar-refractivity contribution in [1.29, 1.82) is 0 Å². The molecule has 0 N–H and O–H groups in total. The van der Waals surface area contributed by atoms with Gasteiger partial charge < -0.3 is 4.90 Å². The SMILES string of the molecule is CN1C=C(C(=O)C(Cl)(Cl)Cl)CC1. The first-order valence-corrected chi connectivity index (χ1v) is 4.57. The van der Waals surface area contributed by atoms with Gasteiger partial charge in [0.05, 0.1) is 0 Å². The van der Waals surface area contributed by atoms with E-state index in [4.69, 9.17) is 34.8 Å². The molecule has 5 heteroatoms. The standard InChI is InChI=1S/C7H8Cl3NO/c1-11-3-2-5(4-11)6(12)7(8,9)10/h4H,2-3H2,1H3. The Morgan fingerprint density at radius 2 is 2.17 bits per heavy atom. The summed E-state index contributed by atoms with van der Waals surface area (Å²) in [4.78, 5) is 13.2. The van der Waals surface area contributed by atoms with E-state index < -0.39 is 9.58 Å². The number of alkyl halides is 3. The van der Waals surface area contributed by atoms with Crippen LogP contribution < -0.4 is 0 Å². The molecule has 0 fully saturated rings. The molecule has 0 aliphatic carbocycles. The lowest BCUT2D eigenvalue weighted by atomic mass is 10.2. The van der Waals surface area contributed by atoms with Gasteiger partial charge in [0.15, 0.2) is 0 Å². The second-order valence-corrected chi connectivity index (χ2v) is 4.99. The highest BCUT2D eigenvalue weighted by Crippen LogP contribution is 2.32. The van der Waals surface area contributed by atoms with E-state index in [2.05, 4.69) is 0 Å². The summed E-state index contributed by atoms with van der Waals surface area (Å²) in [6, 6.07) is 0. The summed E-state index contributed by atoms with van der Waals surface area (Å²) in [6.07, 6.45) is 2.37. The van der Waals surface area contributed by atoms with Gasteiger partial charge in [0, 0.05) is 25.4 Å². The number of ketones is 1. The van der Waals surface area contributed by atoms with Crippen LogP contribution in [0, 0.1) is 0 Å². The molecule has 1 aliphatic rings. The average Bonchev–Trinajstić information content (AvgIpc) is 2.32. The minimum Gasteiger partial charge on any atom is -0.380 e. The molecule has 0 bridgehead atoms. The number of hydrogen-bond donors (Lipinski definition) is 0. The highest BCUT2D eigenvalue weighted by molar-refractivity contribution is 6.77. The fourth-order valence-corrected chi connectivity index (χ4v) is 1.41. The number of carbonyl (C=O) groups excluding carboxylic acids is 1. The Kier molecular flexibility index (Phi) is 2.92. The minimum atomic E-state index is -1.81. The van der Waals surface area contributed by atoms with E-state index in [1.807, 2.05) is 11.9 Å². The zero-order valence-electron chi connectivity index (χ0n) is 6.48. The molecule has 0 radical (unpaired) electrons. The number of halogens is 3. The van der Waals surface area contributed by atoms with E-state index in [9.17, 15) is 4.79 Å². The monoisotopic (exact) mass is 227 g/mol. The number of carbonyl (C=O) groups is 1. The van der Waals surface area contributed by atoms with Gasteiger partial charge >= 0.3 is 0 Å². The Hall–Kier alpha value is 0.0800. The molecular weight excluding hydrogens is 220 g/mol. The summed E-state index contributed by atoms with van der Waals surface area (Å²) in [5.74, 6) is -0.420. The lowest BCUT2D eigenvalue weighted by Crippen LogP contribution is -2.20. The third-order valence-electron chi connectivity index (χ3n) is 1.66. The fraction of sp³-hybridized carbons (Fsp3) is 0.571. The van der Waals surface area contributed by atoms with Gasteiger partial charge in [-0.15, -0.1) is 0 Å². The summed E-state index contributed by atoms with van der Waals surface area (Å²) in [6.45, 7) is 0.807. The third-order valence-corrected chi connectivity index (χ3v) is 2.17. The highest BCUT2D eigenvalue weighted by atomic mass is 35.6. The summed E-state index contributed by atoms with van der Waals surface area (Å²) in [7, 11) is 1.87. The van der Waals surface area contributed by atoms with Gasteiger partial charge in [-0.2, -0.15) is 0 Å². The van der Waals surface area contributed by atoms with Gasteiger partial charge in [-0.05, 0) is 6.42 Å². The van der Waals surface area contributed by atoms with Crippen molar-refractivity contribution in [2.45, 2.75) is 10.2 Å². The van der Waals surface area contributed by atoms with Crippen molar-refractivity contribution in [2.24, 2.45) is 0 Å². The van der Waals surface area contributed by atoms with Crippen LogP contribution in [0.1, 0.15) is 6.42 Å². The van der Waals surface area contributed by atoms with Crippen molar-refractivity contribution >= 4 is 40.6 Å². The Morgan fingerprint density at radius 1 is 1.58 bits per heavy atom. The maximum atomic E-state index is 11.3. The molecular formula is C7H8Cl3NO. The van der Waals surface area contributed by atoms with Crippen molar-refractivity contribution in [3.05, 3.63) is 11.8 Å². The largest absolute Gasteiger partial charge is 0.380 e. The molecule has 68 valence electrons. The maximum Gasteiger partial charge on any atom is 0.253 e. The topological polar surface area (TPSA) is 20.3 Å². The summed E-state index contributed by atoms with van der Waals surface area (Å²) < 4.78 is -1.81. The smallest absolute Gasteiger partial charge is 0.253 e. The van der Waals surface area contributed by atoms with Crippen LogP contribution in [0.15, 0.2) is 11.8 Å². The summed E-state index contributed by atoms with van der Waals surface area (Å²) >= 11 is 16.3. The van der Waals surface area contributed by atoms with E-state index in [1.54, 1.807) is 6.20 Å². The molecule has 0 aromatic carbocycles. The number of rotatable bonds is 1. The Bertz CT molecular complexity index is 231. The van der Waals surface area contributed by atoms with Gasteiger partial charge in [-0.3, -0.25) is 4.79 Å². The molecule has 0 atom stereocenters. The fourth-order valence-electron chi connectivity index (χ4n) is 1.05. The first-order chi connectivity index (χ1) is 5.41. The van der Waals surface area contributed by atoms with Crippen LogP contribution in [0.2, 0.25) is 0 Å². The zero-order valence-corrected chi connectivity index (χ0v) is 8.75. The minimum absolute atomic E-state index is 0.420. The van der Waals surface area contributed by atoms with Crippen LogP contribution in [-0.4, -0.2) is 28.1 Å². The van der Waals surface area contributed by atoms with Gasteiger partial charge in [0.1, 0.15) is 0 Å². The normalized spacial score (nSPS) is 18.0. The van der Waals surface area contributed by atoms with E-state index in [-0.39, 0.29) is 0 Å². The number of nitrogens with zero attached hydrogens (tertiary/aromatic N) is 1. The second-order valence-electron chi connectivity index (χ2n) is 2.71. The Labute approximate surface area is 86.1 Å². The van der Waals surface area contributed by atoms with Crippen LogP contribution in [0.3, 0.4) is 0 Å². The van der Waals surface area contributed by atoms with Crippen molar-refractivity contribution in [3.63, 3.8) is 0 Å². The quantitative estimate of drug-likeness (QED) is 0.641. The lowest BCUT2D eigenvalue weighted by Gasteiger charge is -2.08. The van der Waals surface area contributed by atoms with Crippen molar-refractivity contribution in [1.82, 2.24) is 4.90 Å². The molecule has 2 nitrogen and oxygen atoms in total. The van der Waals surface area contributed by atoms with Gasteiger partial charge in [-0.1, -0.05) is 34.8 Å². The Morgan fingerprint density at radius 3 is 2.50 bits per heavy atom. The second kappa shape index (κ2) is 3.44. The van der Waals surface area contributed by atoms with Crippen LogP contribution in [-0.2, 0) is 4.79 Å². The first-order valence-electron chi connectivity index (χ1n) is 3.43. The van der Waals surface area contributed by atoms with Gasteiger partial charge in [-0.25, -0.2) is 0 Å². The first kappa shape index (κ1) is 10.2. The Balaban J connectivity index is 2.73. The van der Waals surface area contributed by atoms with Crippen LogP contribution in [0.5, 0.6) is 0 Å². The molecule has 0 saturated heterocycles. The molecule has 0 aromatic heterocycles. The number of hydrogen-bond acceptors (Lipinski definition) is 2. The molecule has 1 rings (SSSR count). The lowest BCUT2D eigenvalue weighted by molar-refractivity contribution is -0.114. The highest BCUT2D eigenvalue weighted by Gasteiger charge is 2.34. The molecule has 0 unspecified atom stereocenters. The third kappa shape index (κ3) is 2.28. The molecule has 12 heavy (non-hydrogen) atoms. The molecule has 0 aromatic rings. The summed E-state index contributed by atoms with van der Waals surface area (Å²) in [5.41, 5.74) is 0.581. The molecule has 0 spiro atoms. The van der Waals surface area contributed by atoms with Gasteiger partial charge in [0.25, 0.3) is 3.79 Å². The predicted molar refractivity (Wildman–Crippen MR) is 50.6 cm³/mol. The van der Waals surface area contributed by atoms with E-state index in [0.717, 1.165) is 6.54 Å². The van der Waals surface area contributed by atoms with Crippen LogP contribution in [0.25, 0.3) is 0 Å². The van der Waals surface area contributed by atoms with Crippen LogP contribution in [0.4, 0.5) is 0 Å². The predicted octanol–water partition coefficient (Wildman–Crippen LogP) is 2.15. The molecule has 0 saturated carbocycles. The molecule has 1 aliphatic heterocycles. The van der Waals surface area contributed by atoms with Crippen LogP contribution >= 0.6 is 34.8 Å². The van der Waals surface area contributed by atoms with E-state index in [1.165, 1.54) is 0 Å². The van der Waals surface area contributed by atoms with Gasteiger partial charge in [0.2, 0.25) is 5.78 Å². The van der Waals surface area contributed by atoms with Crippen molar-refractivity contribution in [2.75, 3.05) is 13.6 Å². The van der Waals surface area contributed by atoms with Crippen molar-refractivity contribution in [3.8, 4) is 0 Å². The zero-order chi connectivity index (χ0) is 9.35. The van der Waals surface area contributed by atoms with E-state index in [0.29, 0.717) is 12.0 Å². The average molecular weight is 229 g/mol. The maximum absolute atomic E-state index is 11.3.